The Morgan fingerprint density at radius 3 is 2.57 bits per heavy atom. The smallest absolute Gasteiger partial charge is 0.408 e. The molecule has 1 aromatic heterocycles. The number of nitrogens with one attached hydrogen (secondary N) is 1. The van der Waals surface area contributed by atoms with Crippen molar-refractivity contribution in [2.24, 2.45) is 0 Å². The number of benzene rings is 2. The van der Waals surface area contributed by atoms with Crippen LogP contribution in [0.1, 0.15) is 45.2 Å². The highest BCUT2D eigenvalue weighted by Gasteiger charge is 2.22. The Morgan fingerprint density at radius 2 is 1.91 bits per heavy atom. The Kier molecular flexibility index (Phi) is 7.08. The Balaban J connectivity index is 1.52. The van der Waals surface area contributed by atoms with Crippen LogP contribution >= 0.6 is 0 Å². The Bertz CT molecular complexity index is 1250. The van der Waals surface area contributed by atoms with E-state index in [1.54, 1.807) is 26.8 Å². The largest absolute Gasteiger partial charge is 0.444 e. The minimum atomic E-state index is -0.898. The number of halogens is 1. The van der Waals surface area contributed by atoms with Crippen LogP contribution in [-0.4, -0.2) is 52.6 Å². The normalized spacial score (nSPS) is 16.1. The molecule has 8 heteroatoms. The van der Waals surface area contributed by atoms with Crippen LogP contribution < -0.4 is 5.32 Å². The zero-order valence-electron chi connectivity index (χ0n) is 20.7. The molecule has 0 spiro atoms. The first-order chi connectivity index (χ1) is 16.6. The van der Waals surface area contributed by atoms with Gasteiger partial charge in [0.25, 0.3) is 0 Å². The van der Waals surface area contributed by atoms with Crippen LogP contribution in [0.15, 0.2) is 42.6 Å². The number of nitrogens with zero attached hydrogens (tertiary/aromatic N) is 4. The van der Waals surface area contributed by atoms with Gasteiger partial charge in [-0.05, 0) is 82.6 Å². The fourth-order valence-corrected chi connectivity index (χ4v) is 4.44. The second-order valence-electron chi connectivity index (χ2n) is 10.2. The third-order valence-electron chi connectivity index (χ3n) is 6.29. The minimum Gasteiger partial charge on any atom is -0.444 e. The number of nitriles is 1. The van der Waals surface area contributed by atoms with E-state index in [2.05, 4.69) is 33.1 Å². The molecule has 0 saturated carbocycles. The predicted molar refractivity (Wildman–Crippen MR) is 133 cm³/mol. The van der Waals surface area contributed by atoms with E-state index in [-0.39, 0.29) is 6.42 Å². The van der Waals surface area contributed by atoms with E-state index in [9.17, 15) is 10.1 Å². The monoisotopic (exact) mass is 477 g/mol. The molecule has 0 aliphatic carbocycles. The maximum atomic E-state index is 15.0. The van der Waals surface area contributed by atoms with Crippen LogP contribution in [0.25, 0.3) is 22.0 Å². The molecule has 1 saturated heterocycles. The number of alkyl carbamates (subject to hydrolysis) is 1. The van der Waals surface area contributed by atoms with Crippen LogP contribution in [0.2, 0.25) is 0 Å². The summed E-state index contributed by atoms with van der Waals surface area (Å²) in [6.07, 6.45) is 3.34. The number of aromatic nitrogens is 2. The molecule has 1 atom stereocenters. The quantitative estimate of drug-likeness (QED) is 0.555. The number of likely N-dealkylation sites (tertiary alicyclic amines) is 1. The maximum Gasteiger partial charge on any atom is 0.408 e. The van der Waals surface area contributed by atoms with Gasteiger partial charge in [0.05, 0.1) is 23.8 Å². The third-order valence-corrected chi connectivity index (χ3v) is 6.29. The van der Waals surface area contributed by atoms with Gasteiger partial charge in [0.15, 0.2) is 0 Å². The number of piperidine rings is 1. The van der Waals surface area contributed by atoms with Crippen LogP contribution in [-0.2, 0) is 11.2 Å². The van der Waals surface area contributed by atoms with Gasteiger partial charge >= 0.3 is 6.09 Å². The summed E-state index contributed by atoms with van der Waals surface area (Å²) < 4.78 is 22.3. The summed E-state index contributed by atoms with van der Waals surface area (Å²) >= 11 is 0. The number of carbonyl (C=O) groups is 1. The molecule has 4 rings (SSSR count). The van der Waals surface area contributed by atoms with E-state index in [4.69, 9.17) is 4.74 Å². The van der Waals surface area contributed by atoms with Crippen LogP contribution in [0.5, 0.6) is 0 Å². The van der Waals surface area contributed by atoms with Gasteiger partial charge in [-0.1, -0.05) is 24.3 Å². The molecule has 3 aromatic rings. The first-order valence-electron chi connectivity index (χ1n) is 12.0. The molecule has 1 amide bonds. The van der Waals surface area contributed by atoms with E-state index in [0.717, 1.165) is 48.0 Å². The number of fused-ring (bicyclic) bond motifs is 1. The molecule has 0 radical (unpaired) electrons. The summed E-state index contributed by atoms with van der Waals surface area (Å²) in [4.78, 5) is 14.3. The number of rotatable bonds is 5. The van der Waals surface area contributed by atoms with Crippen molar-refractivity contribution in [3.8, 4) is 17.2 Å². The van der Waals surface area contributed by atoms with Crippen LogP contribution in [0.3, 0.4) is 0 Å². The highest BCUT2D eigenvalue weighted by atomic mass is 19.1. The van der Waals surface area contributed by atoms with E-state index in [1.807, 2.05) is 30.5 Å². The second-order valence-corrected chi connectivity index (χ2v) is 10.2. The van der Waals surface area contributed by atoms with Gasteiger partial charge in [-0.15, -0.1) is 0 Å². The molecule has 2 aromatic carbocycles. The third kappa shape index (κ3) is 5.98. The van der Waals surface area contributed by atoms with Gasteiger partial charge in [-0.3, -0.25) is 4.68 Å². The van der Waals surface area contributed by atoms with E-state index >= 15 is 4.39 Å². The van der Waals surface area contributed by atoms with Crippen molar-refractivity contribution >= 4 is 17.0 Å². The molecule has 1 fully saturated rings. The summed E-state index contributed by atoms with van der Waals surface area (Å²) in [5.41, 5.74) is 2.38. The Labute approximate surface area is 205 Å². The number of carbonyl (C=O) groups excluding carboxylic acids is 1. The number of amides is 1. The topological polar surface area (TPSA) is 83.2 Å². The van der Waals surface area contributed by atoms with Crippen molar-refractivity contribution < 1.29 is 13.9 Å². The average molecular weight is 478 g/mol. The van der Waals surface area contributed by atoms with Gasteiger partial charge in [0, 0.05) is 11.8 Å². The summed E-state index contributed by atoms with van der Waals surface area (Å²) in [5, 5.41) is 17.6. The van der Waals surface area contributed by atoms with Gasteiger partial charge in [-0.25, -0.2) is 9.18 Å². The molecule has 1 aliphatic rings. The standard InChI is InChI=1S/C27H32FN5O2/c1-27(2,3)35-26(34)31-22(16-29)13-20-7-5-18(14-24(20)28)19-6-8-21-17-30-33(25(21)15-19)23-9-11-32(4)12-10-23/h5-8,14-15,17,22-23H,9-13H2,1-4H3,(H,31,34)/t22-/m0/s1. The summed E-state index contributed by atoms with van der Waals surface area (Å²) in [7, 11) is 2.14. The molecule has 184 valence electrons. The second kappa shape index (κ2) is 10.0. The highest BCUT2D eigenvalue weighted by molar-refractivity contribution is 5.84. The van der Waals surface area contributed by atoms with E-state index in [1.165, 1.54) is 6.07 Å². The number of hydrogen-bond donors (Lipinski definition) is 1. The Hall–Kier alpha value is -3.44. The van der Waals surface area contributed by atoms with Crippen molar-refractivity contribution in [1.29, 1.82) is 5.26 Å². The Morgan fingerprint density at radius 1 is 1.23 bits per heavy atom. The molecule has 7 nitrogen and oxygen atoms in total. The van der Waals surface area contributed by atoms with Crippen molar-refractivity contribution in [1.82, 2.24) is 20.0 Å². The first-order valence-corrected chi connectivity index (χ1v) is 12.0. The van der Waals surface area contributed by atoms with Gasteiger partial charge in [0.2, 0.25) is 0 Å². The molecule has 0 unspecified atom stereocenters. The molecule has 1 N–H and O–H groups in total. The van der Waals surface area contributed by atoms with Gasteiger partial charge in [0.1, 0.15) is 17.5 Å². The number of ether oxygens (including phenoxy) is 1. The minimum absolute atomic E-state index is 0.0454. The number of hydrogen-bond acceptors (Lipinski definition) is 5. The van der Waals surface area contributed by atoms with Crippen molar-refractivity contribution in [3.63, 3.8) is 0 Å². The van der Waals surface area contributed by atoms with Crippen LogP contribution in [0, 0.1) is 17.1 Å². The van der Waals surface area contributed by atoms with Gasteiger partial charge in [-0.2, -0.15) is 10.4 Å². The van der Waals surface area contributed by atoms with E-state index < -0.39 is 23.6 Å². The lowest BCUT2D eigenvalue weighted by atomic mass is 9.99. The first kappa shape index (κ1) is 24.7. The van der Waals surface area contributed by atoms with Crippen LogP contribution in [0.4, 0.5) is 9.18 Å². The van der Waals surface area contributed by atoms with Gasteiger partial charge < -0.3 is 15.0 Å². The molecule has 0 bridgehead atoms. The lowest BCUT2D eigenvalue weighted by Gasteiger charge is -2.29. The average Bonchev–Trinajstić information content (AvgIpc) is 3.22. The van der Waals surface area contributed by atoms with E-state index in [0.29, 0.717) is 11.6 Å². The molecule has 2 heterocycles. The fraction of sp³-hybridized carbons (Fsp3) is 0.444. The molecule has 1 aliphatic heterocycles. The zero-order valence-corrected chi connectivity index (χ0v) is 20.7. The zero-order chi connectivity index (χ0) is 25.2. The van der Waals surface area contributed by atoms with Crippen molar-refractivity contribution in [2.45, 2.75) is 57.7 Å². The van der Waals surface area contributed by atoms with Crippen molar-refractivity contribution in [2.75, 3.05) is 20.1 Å². The fourth-order valence-electron chi connectivity index (χ4n) is 4.44. The predicted octanol–water partition coefficient (Wildman–Crippen LogP) is 5.07. The molecular formula is C27H32FN5O2. The summed E-state index contributed by atoms with van der Waals surface area (Å²) in [6, 6.07) is 12.5. The highest BCUT2D eigenvalue weighted by Crippen LogP contribution is 2.30. The maximum absolute atomic E-state index is 15.0. The lowest BCUT2D eigenvalue weighted by Crippen LogP contribution is -2.39. The summed E-state index contributed by atoms with van der Waals surface area (Å²) in [5.74, 6) is -0.419. The molecular weight excluding hydrogens is 445 g/mol. The SMILES string of the molecule is CN1CCC(n2ncc3ccc(-c4ccc(C[C@@H](C#N)NC(=O)OC(C)(C)C)c(F)c4)cc32)CC1. The lowest BCUT2D eigenvalue weighted by molar-refractivity contribution is 0.0515. The summed E-state index contributed by atoms with van der Waals surface area (Å²) in [6.45, 7) is 7.31. The van der Waals surface area contributed by atoms with Crippen molar-refractivity contribution in [3.05, 3.63) is 54.0 Å². The molecule has 35 heavy (non-hydrogen) atoms.